The minimum absolute atomic E-state index is 0.0974. The maximum atomic E-state index is 6.38. The van der Waals surface area contributed by atoms with Crippen LogP contribution in [0.5, 0.6) is 0 Å². The quantitative estimate of drug-likeness (QED) is 0.291. The van der Waals surface area contributed by atoms with Crippen molar-refractivity contribution in [1.29, 1.82) is 0 Å². The standard InChI is InChI=1S/C23H31O2P2.C5H5.Fe/c1-17(27(22(2,3)4)23(5,6)7)18-11-8-12-19(18)26(20-13-9-15-24-20)21-14-10-16-25-21;1-2-4-5-3-1;/h8-17H,1-7H3;1-5H;. The van der Waals surface area contributed by atoms with Crippen LogP contribution in [0.3, 0.4) is 0 Å². The van der Waals surface area contributed by atoms with Gasteiger partial charge in [0.05, 0.1) is 0 Å². The molecule has 10 aliphatic heterocycles. The number of hydrogen-bond acceptors (Lipinski definition) is 2. The molecule has 2 aromatic rings. The normalized spacial score (nSPS) is 71.9. The zero-order valence-electron chi connectivity index (χ0n) is 20.7. The number of furan rings is 2. The van der Waals surface area contributed by atoms with Gasteiger partial charge in [-0.2, -0.15) is 0 Å². The maximum absolute atomic E-state index is 6.38. The molecule has 10 aliphatic rings. The van der Waals surface area contributed by atoms with Gasteiger partial charge in [-0.25, -0.2) is 0 Å². The van der Waals surface area contributed by atoms with Crippen molar-refractivity contribution in [2.24, 2.45) is 0 Å². The molecule has 0 bridgehead atoms. The molecule has 33 heavy (non-hydrogen) atoms. The first kappa shape index (κ1) is 17.4. The van der Waals surface area contributed by atoms with E-state index in [0.29, 0.717) is 14.4 Å². The second-order valence-electron chi connectivity index (χ2n) is 17.4. The first-order valence-electron chi connectivity index (χ1n) is 13.2. The second kappa shape index (κ2) is 2.27. The summed E-state index contributed by atoms with van der Waals surface area (Å²) in [5.74, 6) is 0. The molecule has 5 heteroatoms. The Labute approximate surface area is 189 Å². The predicted molar refractivity (Wildman–Crippen MR) is 135 cm³/mol. The van der Waals surface area contributed by atoms with Crippen molar-refractivity contribution in [3.8, 4) is 0 Å². The molecule has 2 nitrogen and oxygen atoms in total. The molecule has 178 valence electrons. The van der Waals surface area contributed by atoms with Crippen molar-refractivity contribution in [1.82, 2.24) is 0 Å². The van der Waals surface area contributed by atoms with E-state index >= 15 is 0 Å². The van der Waals surface area contributed by atoms with Crippen molar-refractivity contribution >= 4 is 26.8 Å². The van der Waals surface area contributed by atoms with E-state index in [1.165, 1.54) is 49.5 Å². The fourth-order valence-electron chi connectivity index (χ4n) is 22.0. The molecule has 1 spiro atoms. The summed E-state index contributed by atoms with van der Waals surface area (Å²) in [6.45, 7) is 14.6. The van der Waals surface area contributed by atoms with Crippen molar-refractivity contribution in [2.75, 3.05) is 0 Å². The molecule has 12 rings (SSSR count). The number of hydrogen-bond donors (Lipinski definition) is 0. The van der Waals surface area contributed by atoms with Gasteiger partial charge in [0.15, 0.2) is 0 Å². The van der Waals surface area contributed by atoms with E-state index in [1.807, 2.05) is 12.5 Å². The van der Waals surface area contributed by atoms with E-state index in [9.17, 15) is 0 Å². The monoisotopic (exact) mass is 522 g/mol. The third-order valence-corrected chi connectivity index (χ3v) is 73.4. The summed E-state index contributed by atoms with van der Waals surface area (Å²) in [5, 5.41) is 0.821. The van der Waals surface area contributed by atoms with E-state index in [4.69, 9.17) is 8.83 Å². The molecule has 5 unspecified atom stereocenters. The van der Waals surface area contributed by atoms with Crippen molar-refractivity contribution < 1.29 is 15.3 Å². The molecule has 10 saturated heterocycles. The van der Waals surface area contributed by atoms with E-state index < -0.39 is 14.4 Å². The molecule has 0 aromatic carbocycles. The Balaban J connectivity index is 1.22. The van der Waals surface area contributed by atoms with Gasteiger partial charge in [0.1, 0.15) is 0 Å². The Kier molecular flexibility index (Phi) is 1.20. The van der Waals surface area contributed by atoms with Crippen molar-refractivity contribution in [2.45, 2.75) is 111 Å². The molecule has 10 fully saturated rings. The van der Waals surface area contributed by atoms with Gasteiger partial charge in [-0.1, -0.05) is 0 Å². The molecular weight excluding hydrogens is 486 g/mol. The summed E-state index contributed by atoms with van der Waals surface area (Å²) >= 11 is 0. The predicted octanol–water partition coefficient (Wildman–Crippen LogP) is 8.44. The van der Waals surface area contributed by atoms with Crippen LogP contribution in [0.4, 0.5) is 0 Å². The molecule has 12 heterocycles. The summed E-state index contributed by atoms with van der Waals surface area (Å²) in [4.78, 5) is 10.3. The van der Waals surface area contributed by atoms with Crippen molar-refractivity contribution in [3.63, 3.8) is 0 Å². The molecular formula is C28H36FeO2P2. The van der Waals surface area contributed by atoms with E-state index in [0.717, 1.165) is 9.97 Å². The van der Waals surface area contributed by atoms with Crippen LogP contribution in [0.2, 0.25) is 42.8 Å². The Bertz CT molecular complexity index is 1640. The van der Waals surface area contributed by atoms with Crippen LogP contribution in [0.1, 0.15) is 48.5 Å². The first-order valence-corrected chi connectivity index (χ1v) is 22.1. The molecule has 0 amide bonds. The molecule has 0 N–H and O–H groups in total. The molecule has 0 aliphatic carbocycles. The van der Waals surface area contributed by atoms with Crippen LogP contribution in [-0.2, 0) is 6.51 Å². The van der Waals surface area contributed by atoms with Crippen LogP contribution < -0.4 is 11.0 Å². The Hall–Kier alpha value is -0.0605. The second-order valence-corrected chi connectivity index (χ2v) is 47.5. The minimum atomic E-state index is -3.71. The van der Waals surface area contributed by atoms with E-state index in [-0.39, 0.29) is 7.92 Å². The van der Waals surface area contributed by atoms with E-state index in [1.54, 1.807) is 0 Å². The summed E-state index contributed by atoms with van der Waals surface area (Å²) < 4.78 is 14.2. The Morgan fingerprint density at radius 1 is 0.788 bits per heavy atom. The molecule has 0 radical (unpaired) electrons. The van der Waals surface area contributed by atoms with Gasteiger partial charge in [0.2, 0.25) is 0 Å². The van der Waals surface area contributed by atoms with Crippen molar-refractivity contribution in [3.05, 3.63) is 36.8 Å². The zero-order valence-corrected chi connectivity index (χ0v) is 23.6. The molecule has 6 atom stereocenters. The fraction of sp³-hybridized carbons (Fsp3) is 0.714. The fourth-order valence-corrected chi connectivity index (χ4v) is 121. The van der Waals surface area contributed by atoms with Gasteiger partial charge >= 0.3 is 190 Å². The van der Waals surface area contributed by atoms with Crippen LogP contribution >= 0.6 is 15.8 Å². The summed E-state index contributed by atoms with van der Waals surface area (Å²) in [6.07, 6.45) is 3.90. The van der Waals surface area contributed by atoms with Gasteiger partial charge in [-0.15, -0.1) is 0 Å². The third-order valence-electron chi connectivity index (χ3n) is 19.1. The summed E-state index contributed by atoms with van der Waals surface area (Å²) in [5.41, 5.74) is 3.55. The Morgan fingerprint density at radius 2 is 1.27 bits per heavy atom. The van der Waals surface area contributed by atoms with Gasteiger partial charge in [-0.3, -0.25) is 0 Å². The first-order chi connectivity index (χ1) is 15.3. The van der Waals surface area contributed by atoms with Gasteiger partial charge in [-0.05, 0) is 0 Å². The SMILES string of the molecule is CC(P(C(C)(C)C)C(C)(C)C)[C@]12[CH]3[CH]4[CH]5[C]1(P(c1ccco1)c1ccco1)[Fe]45321678[CH]2[CH]1[CH]6[CH]7[CH]28. The third kappa shape index (κ3) is 0.373. The number of fused-ring (bicyclic) bond motifs is 10. The van der Waals surface area contributed by atoms with Crippen LogP contribution in [0, 0.1) is 0 Å². The Morgan fingerprint density at radius 3 is 1.61 bits per heavy atom. The van der Waals surface area contributed by atoms with Gasteiger partial charge < -0.3 is 0 Å². The van der Waals surface area contributed by atoms with Gasteiger partial charge in [0, 0.05) is 0 Å². The topological polar surface area (TPSA) is 26.3 Å². The summed E-state index contributed by atoms with van der Waals surface area (Å²) in [6, 6.07) is 9.00. The molecule has 0 saturated carbocycles. The average molecular weight is 522 g/mol. The van der Waals surface area contributed by atoms with E-state index in [2.05, 4.69) is 72.7 Å². The zero-order chi connectivity index (χ0) is 22.5. The summed E-state index contributed by atoms with van der Waals surface area (Å²) in [7, 11) is -0.592. The molecule has 2 aromatic heterocycles. The average Bonchev–Trinajstić information content (AvgIpc) is 3.52. The van der Waals surface area contributed by atoms with Gasteiger partial charge in [0.25, 0.3) is 0 Å². The van der Waals surface area contributed by atoms with Crippen LogP contribution in [-0.4, -0.2) is 20.0 Å². The van der Waals surface area contributed by atoms with Crippen LogP contribution in [0.25, 0.3) is 0 Å². The van der Waals surface area contributed by atoms with Crippen LogP contribution in [0.15, 0.2) is 45.6 Å². The number of rotatable bonds is 5.